The van der Waals surface area contributed by atoms with Gasteiger partial charge in [0.1, 0.15) is 5.82 Å². The zero-order valence-electron chi connectivity index (χ0n) is 16.0. The summed E-state index contributed by atoms with van der Waals surface area (Å²) >= 11 is 0. The van der Waals surface area contributed by atoms with Crippen LogP contribution in [0.4, 0.5) is 10.1 Å². The van der Waals surface area contributed by atoms with Crippen LogP contribution in [0.2, 0.25) is 0 Å². The highest BCUT2D eigenvalue weighted by Gasteiger charge is 2.18. The van der Waals surface area contributed by atoms with E-state index >= 15 is 0 Å². The number of benzene rings is 3. The molecule has 0 unspecified atom stereocenters. The number of aryl methyl sites for hydroxylation is 1. The number of hydrogen-bond acceptors (Lipinski definition) is 3. The van der Waals surface area contributed by atoms with E-state index in [1.54, 1.807) is 6.07 Å². The molecule has 2 N–H and O–H groups in total. The van der Waals surface area contributed by atoms with Gasteiger partial charge in [-0.1, -0.05) is 35.9 Å². The Balaban J connectivity index is 1.76. The zero-order chi connectivity index (χ0) is 21.0. The van der Waals surface area contributed by atoms with Crippen LogP contribution in [0.15, 0.2) is 77.7 Å². The van der Waals surface area contributed by atoms with E-state index in [9.17, 15) is 17.6 Å². The minimum atomic E-state index is -3.92. The average molecular weight is 412 g/mol. The molecule has 5 nitrogen and oxygen atoms in total. The molecule has 0 aliphatic heterocycles. The van der Waals surface area contributed by atoms with Crippen molar-refractivity contribution in [1.82, 2.24) is 5.32 Å². The Morgan fingerprint density at radius 3 is 2.28 bits per heavy atom. The van der Waals surface area contributed by atoms with Crippen LogP contribution in [0.3, 0.4) is 0 Å². The highest BCUT2D eigenvalue weighted by atomic mass is 32.2. The highest BCUT2D eigenvalue weighted by molar-refractivity contribution is 7.92. The molecular formula is C22H21FN2O3S. The Morgan fingerprint density at radius 1 is 0.966 bits per heavy atom. The molecule has 7 heteroatoms. The molecule has 0 fully saturated rings. The van der Waals surface area contributed by atoms with E-state index in [2.05, 4.69) is 10.0 Å². The first kappa shape index (κ1) is 20.5. The molecule has 0 heterocycles. The van der Waals surface area contributed by atoms with E-state index in [-0.39, 0.29) is 28.1 Å². The number of amides is 1. The maximum Gasteiger partial charge on any atom is 0.261 e. The third kappa shape index (κ3) is 5.20. The topological polar surface area (TPSA) is 75.3 Å². The predicted molar refractivity (Wildman–Crippen MR) is 111 cm³/mol. The summed E-state index contributed by atoms with van der Waals surface area (Å²) in [6.45, 7) is 3.85. The van der Waals surface area contributed by atoms with Crippen molar-refractivity contribution < 1.29 is 17.6 Å². The number of sulfonamides is 1. The van der Waals surface area contributed by atoms with Crippen LogP contribution < -0.4 is 10.0 Å². The molecule has 0 aromatic heterocycles. The first-order valence-corrected chi connectivity index (χ1v) is 10.5. The summed E-state index contributed by atoms with van der Waals surface area (Å²) < 4.78 is 40.6. The zero-order valence-corrected chi connectivity index (χ0v) is 16.8. The van der Waals surface area contributed by atoms with Gasteiger partial charge in [-0.15, -0.1) is 0 Å². The highest BCUT2D eigenvalue weighted by Crippen LogP contribution is 2.19. The lowest BCUT2D eigenvalue weighted by molar-refractivity contribution is 0.0939. The summed E-state index contributed by atoms with van der Waals surface area (Å²) in [6, 6.07) is 18.3. The molecule has 0 saturated heterocycles. The number of rotatable bonds is 6. The minimum absolute atomic E-state index is 0.0579. The lowest BCUT2D eigenvalue weighted by Crippen LogP contribution is -2.27. The van der Waals surface area contributed by atoms with E-state index < -0.39 is 15.8 Å². The van der Waals surface area contributed by atoms with Gasteiger partial charge in [-0.25, -0.2) is 12.8 Å². The molecule has 0 aliphatic carbocycles. The lowest BCUT2D eigenvalue weighted by Gasteiger charge is -2.15. The monoisotopic (exact) mass is 412 g/mol. The van der Waals surface area contributed by atoms with Crippen LogP contribution in [-0.2, 0) is 10.0 Å². The first-order valence-electron chi connectivity index (χ1n) is 9.00. The van der Waals surface area contributed by atoms with Gasteiger partial charge in [0.15, 0.2) is 0 Å². The lowest BCUT2D eigenvalue weighted by atomic mass is 10.1. The maximum atomic E-state index is 13.0. The summed E-state index contributed by atoms with van der Waals surface area (Å²) in [5, 5.41) is 2.87. The molecule has 29 heavy (non-hydrogen) atoms. The van der Waals surface area contributed by atoms with Gasteiger partial charge in [0, 0.05) is 11.3 Å². The molecular weight excluding hydrogens is 391 g/mol. The number of hydrogen-bond donors (Lipinski definition) is 2. The van der Waals surface area contributed by atoms with Crippen molar-refractivity contribution >= 4 is 21.6 Å². The number of anilines is 1. The van der Waals surface area contributed by atoms with Crippen LogP contribution in [0.1, 0.15) is 34.5 Å². The smallest absolute Gasteiger partial charge is 0.261 e. The molecule has 1 atom stereocenters. The Bertz CT molecular complexity index is 1110. The fourth-order valence-electron chi connectivity index (χ4n) is 2.75. The minimum Gasteiger partial charge on any atom is -0.346 e. The summed E-state index contributed by atoms with van der Waals surface area (Å²) in [6.07, 6.45) is 0. The number of halogens is 1. The quantitative estimate of drug-likeness (QED) is 0.629. The molecule has 3 aromatic rings. The summed E-state index contributed by atoms with van der Waals surface area (Å²) in [5.41, 5.74) is 2.53. The summed E-state index contributed by atoms with van der Waals surface area (Å²) in [4.78, 5) is 12.5. The molecule has 0 radical (unpaired) electrons. The van der Waals surface area contributed by atoms with Crippen LogP contribution in [0.25, 0.3) is 0 Å². The van der Waals surface area contributed by atoms with Crippen molar-refractivity contribution in [3.63, 3.8) is 0 Å². The van der Waals surface area contributed by atoms with Crippen molar-refractivity contribution in [2.24, 2.45) is 0 Å². The van der Waals surface area contributed by atoms with Crippen molar-refractivity contribution in [1.29, 1.82) is 0 Å². The molecule has 150 valence electrons. The van der Waals surface area contributed by atoms with E-state index in [1.165, 1.54) is 30.3 Å². The average Bonchev–Trinajstić information content (AvgIpc) is 2.70. The fraction of sp³-hybridized carbons (Fsp3) is 0.136. The van der Waals surface area contributed by atoms with E-state index in [1.807, 2.05) is 38.1 Å². The van der Waals surface area contributed by atoms with Gasteiger partial charge in [0.25, 0.3) is 15.9 Å². The van der Waals surface area contributed by atoms with Gasteiger partial charge in [-0.05, 0) is 61.9 Å². The molecule has 3 aromatic carbocycles. The number of carbonyl (C=O) groups excluding carboxylic acids is 1. The second-order valence-electron chi connectivity index (χ2n) is 6.75. The normalized spacial score (nSPS) is 12.2. The van der Waals surface area contributed by atoms with Gasteiger partial charge in [-0.2, -0.15) is 0 Å². The Hall–Kier alpha value is -3.19. The van der Waals surface area contributed by atoms with Gasteiger partial charge in [0.2, 0.25) is 0 Å². The Labute approximate surface area is 169 Å². The van der Waals surface area contributed by atoms with Gasteiger partial charge < -0.3 is 5.32 Å². The van der Waals surface area contributed by atoms with E-state index in [4.69, 9.17) is 0 Å². The van der Waals surface area contributed by atoms with Crippen LogP contribution in [-0.4, -0.2) is 14.3 Å². The number of nitrogens with one attached hydrogen (secondary N) is 2. The molecule has 0 bridgehead atoms. The summed E-state index contributed by atoms with van der Waals surface area (Å²) in [5.74, 6) is -0.841. The second kappa shape index (κ2) is 8.45. The number of carbonyl (C=O) groups is 1. The Kier molecular flexibility index (Phi) is 5.98. The first-order chi connectivity index (χ1) is 13.7. The van der Waals surface area contributed by atoms with Crippen molar-refractivity contribution in [2.75, 3.05) is 4.72 Å². The largest absolute Gasteiger partial charge is 0.346 e. The van der Waals surface area contributed by atoms with Crippen molar-refractivity contribution in [2.45, 2.75) is 24.8 Å². The van der Waals surface area contributed by atoms with Gasteiger partial charge in [-0.3, -0.25) is 9.52 Å². The van der Waals surface area contributed by atoms with Gasteiger partial charge in [0.05, 0.1) is 10.9 Å². The molecule has 0 spiro atoms. The fourth-order valence-corrected chi connectivity index (χ4v) is 3.86. The molecule has 0 aliphatic rings. The molecule has 3 rings (SSSR count). The SMILES string of the molecule is Cc1ccc([C@@H](C)NC(=O)c2cccc(S(=O)(=O)Nc3ccc(F)cc3)c2)cc1. The van der Waals surface area contributed by atoms with Crippen LogP contribution in [0.5, 0.6) is 0 Å². The van der Waals surface area contributed by atoms with Crippen molar-refractivity contribution in [3.05, 3.63) is 95.3 Å². The molecule has 1 amide bonds. The van der Waals surface area contributed by atoms with Crippen LogP contribution >= 0.6 is 0 Å². The third-order valence-corrected chi connectivity index (χ3v) is 5.81. The molecule has 0 saturated carbocycles. The Morgan fingerprint density at radius 2 is 1.62 bits per heavy atom. The van der Waals surface area contributed by atoms with Gasteiger partial charge >= 0.3 is 0 Å². The maximum absolute atomic E-state index is 13.0. The van der Waals surface area contributed by atoms with Crippen molar-refractivity contribution in [3.8, 4) is 0 Å². The second-order valence-corrected chi connectivity index (χ2v) is 8.43. The predicted octanol–water partition coefficient (Wildman–Crippen LogP) is 4.43. The van der Waals surface area contributed by atoms with E-state index in [0.717, 1.165) is 23.3 Å². The summed E-state index contributed by atoms with van der Waals surface area (Å²) in [7, 11) is -3.92. The standard InChI is InChI=1S/C22H21FN2O3S/c1-15-6-8-17(9-7-15)16(2)24-22(26)18-4-3-5-21(14-18)29(27,28)25-20-12-10-19(23)11-13-20/h3-14,16,25H,1-2H3,(H,24,26)/t16-/m1/s1. The van der Waals surface area contributed by atoms with E-state index in [0.29, 0.717) is 0 Å². The van der Waals surface area contributed by atoms with Crippen LogP contribution in [0, 0.1) is 12.7 Å². The third-order valence-electron chi connectivity index (χ3n) is 4.43.